The molecule has 1 aromatic rings. The topological polar surface area (TPSA) is 86.8 Å². The Morgan fingerprint density at radius 2 is 1.64 bits per heavy atom. The molecule has 0 bridgehead atoms. The first-order chi connectivity index (χ1) is 15.6. The van der Waals surface area contributed by atoms with Gasteiger partial charge in [-0.15, -0.1) is 0 Å². The Morgan fingerprint density at radius 3 is 2.15 bits per heavy atom. The summed E-state index contributed by atoms with van der Waals surface area (Å²) in [4.78, 5) is 54.8. The van der Waals surface area contributed by atoms with Gasteiger partial charge in [0.25, 0.3) is 0 Å². The third-order valence-corrected chi connectivity index (χ3v) is 6.23. The van der Waals surface area contributed by atoms with Gasteiger partial charge in [-0.1, -0.05) is 49.4 Å². The summed E-state index contributed by atoms with van der Waals surface area (Å²) in [7, 11) is 0. The molecule has 178 valence electrons. The van der Waals surface area contributed by atoms with E-state index in [1.807, 2.05) is 70.2 Å². The van der Waals surface area contributed by atoms with Gasteiger partial charge in [-0.3, -0.25) is 24.1 Å². The molecule has 1 unspecified atom stereocenters. The van der Waals surface area contributed by atoms with E-state index in [4.69, 9.17) is 0 Å². The normalized spacial score (nSPS) is 21.0. The zero-order valence-corrected chi connectivity index (χ0v) is 20.0. The molecule has 3 rings (SSSR count). The highest BCUT2D eigenvalue weighted by Gasteiger charge is 2.47. The fourth-order valence-corrected chi connectivity index (χ4v) is 4.59. The predicted octanol–water partition coefficient (Wildman–Crippen LogP) is 3.05. The third kappa shape index (κ3) is 5.89. The molecule has 1 aromatic carbocycles. The Hall–Kier alpha value is -2.96. The van der Waals surface area contributed by atoms with E-state index in [-0.39, 0.29) is 55.0 Å². The van der Waals surface area contributed by atoms with E-state index in [2.05, 4.69) is 5.32 Å². The van der Waals surface area contributed by atoms with Crippen molar-refractivity contribution in [2.45, 2.75) is 71.5 Å². The molecule has 2 aliphatic rings. The number of amides is 4. The van der Waals surface area contributed by atoms with Gasteiger partial charge in [-0.2, -0.15) is 0 Å². The molecule has 3 atom stereocenters. The van der Waals surface area contributed by atoms with Crippen LogP contribution in [0.3, 0.4) is 0 Å². The van der Waals surface area contributed by atoms with Crippen LogP contribution in [0.5, 0.6) is 0 Å². The molecule has 1 saturated heterocycles. The van der Waals surface area contributed by atoms with E-state index in [0.717, 1.165) is 5.56 Å². The molecule has 0 radical (unpaired) electrons. The second-order valence-corrected chi connectivity index (χ2v) is 9.90. The standard InChI is InChI=1S/C26H35N3O4/c1-5-21(23(31)27-26(2,3)4)29(17-18-11-7-6-8-12-18)22(30)15-16-28-24(32)19-13-9-10-14-20(19)25(28)33/h6-12,19-21H,5,13-17H2,1-4H3,(H,27,31)/t19-,20+,21?. The molecule has 7 nitrogen and oxygen atoms in total. The van der Waals surface area contributed by atoms with Gasteiger partial charge >= 0.3 is 0 Å². The van der Waals surface area contributed by atoms with E-state index >= 15 is 0 Å². The smallest absolute Gasteiger partial charge is 0.243 e. The summed E-state index contributed by atoms with van der Waals surface area (Å²) in [5, 5.41) is 2.98. The molecular weight excluding hydrogens is 418 g/mol. The van der Waals surface area contributed by atoms with Crippen LogP contribution in [0.25, 0.3) is 0 Å². The first kappa shape index (κ1) is 24.7. The van der Waals surface area contributed by atoms with E-state index in [0.29, 0.717) is 19.3 Å². The first-order valence-electron chi connectivity index (χ1n) is 11.8. The van der Waals surface area contributed by atoms with Crippen molar-refractivity contribution >= 4 is 23.6 Å². The SMILES string of the molecule is CCC(C(=O)NC(C)(C)C)N(Cc1ccccc1)C(=O)CCN1C(=O)[C@H]2CC=CC[C@H]2C1=O. The maximum atomic E-state index is 13.4. The van der Waals surface area contributed by atoms with Gasteiger partial charge in [-0.05, 0) is 45.6 Å². The van der Waals surface area contributed by atoms with Crippen molar-refractivity contribution < 1.29 is 19.2 Å². The van der Waals surface area contributed by atoms with Crippen LogP contribution in [0.2, 0.25) is 0 Å². The fraction of sp³-hybridized carbons (Fsp3) is 0.538. The van der Waals surface area contributed by atoms with E-state index in [1.165, 1.54) is 4.90 Å². The van der Waals surface area contributed by atoms with Crippen molar-refractivity contribution in [1.82, 2.24) is 15.1 Å². The Balaban J connectivity index is 1.75. The van der Waals surface area contributed by atoms with Crippen molar-refractivity contribution in [1.29, 1.82) is 0 Å². The van der Waals surface area contributed by atoms with E-state index < -0.39 is 11.6 Å². The molecule has 4 amide bonds. The van der Waals surface area contributed by atoms with Crippen LogP contribution in [0, 0.1) is 11.8 Å². The highest BCUT2D eigenvalue weighted by molar-refractivity contribution is 6.05. The average molecular weight is 454 g/mol. The Kier molecular flexibility index (Phi) is 7.72. The summed E-state index contributed by atoms with van der Waals surface area (Å²) in [5.41, 5.74) is 0.489. The lowest BCUT2D eigenvalue weighted by Gasteiger charge is -2.33. The maximum absolute atomic E-state index is 13.4. The van der Waals surface area contributed by atoms with Crippen molar-refractivity contribution in [2.75, 3.05) is 6.54 Å². The fourth-order valence-electron chi connectivity index (χ4n) is 4.59. The van der Waals surface area contributed by atoms with Crippen molar-refractivity contribution in [3.8, 4) is 0 Å². The molecule has 1 N–H and O–H groups in total. The summed E-state index contributed by atoms with van der Waals surface area (Å²) < 4.78 is 0. The lowest BCUT2D eigenvalue weighted by atomic mass is 9.85. The monoisotopic (exact) mass is 453 g/mol. The number of hydrogen-bond donors (Lipinski definition) is 1. The summed E-state index contributed by atoms with van der Waals surface area (Å²) >= 11 is 0. The Morgan fingerprint density at radius 1 is 1.06 bits per heavy atom. The minimum absolute atomic E-state index is 0.00349. The number of fused-ring (bicyclic) bond motifs is 1. The highest BCUT2D eigenvalue weighted by Crippen LogP contribution is 2.35. The quantitative estimate of drug-likeness (QED) is 0.484. The first-order valence-corrected chi connectivity index (χ1v) is 11.8. The number of allylic oxidation sites excluding steroid dienone is 2. The lowest BCUT2D eigenvalue weighted by molar-refractivity contribution is -0.144. The van der Waals surface area contributed by atoms with Gasteiger partial charge in [0.15, 0.2) is 0 Å². The minimum Gasteiger partial charge on any atom is -0.350 e. The lowest BCUT2D eigenvalue weighted by Crippen LogP contribution is -2.53. The van der Waals surface area contributed by atoms with E-state index in [9.17, 15) is 19.2 Å². The van der Waals surface area contributed by atoms with Crippen LogP contribution in [0.1, 0.15) is 58.9 Å². The van der Waals surface area contributed by atoms with Crippen molar-refractivity contribution in [3.05, 3.63) is 48.0 Å². The number of nitrogens with zero attached hydrogens (tertiary/aromatic N) is 2. The van der Waals surface area contributed by atoms with Gasteiger partial charge < -0.3 is 10.2 Å². The highest BCUT2D eigenvalue weighted by atomic mass is 16.2. The van der Waals surface area contributed by atoms with E-state index in [1.54, 1.807) is 4.90 Å². The molecule has 1 fully saturated rings. The number of hydrogen-bond acceptors (Lipinski definition) is 4. The van der Waals surface area contributed by atoms with Crippen LogP contribution in [0.4, 0.5) is 0 Å². The average Bonchev–Trinajstić information content (AvgIpc) is 3.01. The molecule has 1 heterocycles. The number of carbonyl (C=O) groups is 4. The third-order valence-electron chi connectivity index (χ3n) is 6.23. The molecule has 1 aliphatic carbocycles. The van der Waals surface area contributed by atoms with Crippen LogP contribution in [-0.2, 0) is 25.7 Å². The van der Waals surface area contributed by atoms with Gasteiger partial charge in [0.05, 0.1) is 11.8 Å². The molecule has 1 aliphatic heterocycles. The zero-order valence-electron chi connectivity index (χ0n) is 20.0. The number of nitrogens with one attached hydrogen (secondary N) is 1. The number of carbonyl (C=O) groups excluding carboxylic acids is 4. The summed E-state index contributed by atoms with van der Waals surface area (Å²) in [6, 6.07) is 8.88. The Bertz CT molecular complexity index is 893. The molecule has 0 saturated carbocycles. The number of imide groups is 1. The maximum Gasteiger partial charge on any atom is 0.243 e. The number of benzene rings is 1. The predicted molar refractivity (Wildman–Crippen MR) is 126 cm³/mol. The largest absolute Gasteiger partial charge is 0.350 e. The molecule has 0 spiro atoms. The van der Waals surface area contributed by atoms with Gasteiger partial charge in [0.1, 0.15) is 6.04 Å². The summed E-state index contributed by atoms with van der Waals surface area (Å²) in [5.74, 6) is -1.44. The van der Waals surface area contributed by atoms with Crippen LogP contribution >= 0.6 is 0 Å². The van der Waals surface area contributed by atoms with Crippen molar-refractivity contribution in [3.63, 3.8) is 0 Å². The summed E-state index contributed by atoms with van der Waals surface area (Å²) in [6.45, 7) is 7.92. The van der Waals surface area contributed by atoms with Gasteiger partial charge in [-0.25, -0.2) is 0 Å². The number of rotatable bonds is 8. The van der Waals surface area contributed by atoms with Crippen molar-refractivity contribution in [2.24, 2.45) is 11.8 Å². The Labute approximate surface area is 196 Å². The summed E-state index contributed by atoms with van der Waals surface area (Å²) in [6.07, 6.45) is 5.49. The molecule has 33 heavy (non-hydrogen) atoms. The molecule has 0 aromatic heterocycles. The second kappa shape index (κ2) is 10.3. The van der Waals surface area contributed by atoms with Crippen LogP contribution in [-0.4, -0.2) is 51.6 Å². The molecule has 7 heteroatoms. The zero-order chi connectivity index (χ0) is 24.2. The van der Waals surface area contributed by atoms with Gasteiger partial charge in [0.2, 0.25) is 23.6 Å². The second-order valence-electron chi connectivity index (χ2n) is 9.90. The minimum atomic E-state index is -0.645. The molecular formula is C26H35N3O4. The van der Waals surface area contributed by atoms with Crippen LogP contribution < -0.4 is 5.32 Å². The number of likely N-dealkylation sites (tertiary alicyclic amines) is 1. The van der Waals surface area contributed by atoms with Crippen LogP contribution in [0.15, 0.2) is 42.5 Å². The van der Waals surface area contributed by atoms with Gasteiger partial charge in [0, 0.05) is 25.0 Å².